The zero-order valence-corrected chi connectivity index (χ0v) is 17.6. The van der Waals surface area contributed by atoms with Crippen LogP contribution in [0.1, 0.15) is 29.4 Å². The lowest BCUT2D eigenvalue weighted by molar-refractivity contribution is 0.0960. The van der Waals surface area contributed by atoms with E-state index in [1.54, 1.807) is 36.8 Å². The van der Waals surface area contributed by atoms with Crippen molar-refractivity contribution in [3.63, 3.8) is 0 Å². The second-order valence-electron chi connectivity index (χ2n) is 6.53. The Morgan fingerprint density at radius 2 is 2.28 bits per heavy atom. The van der Waals surface area contributed by atoms with E-state index in [2.05, 4.69) is 33.8 Å². The van der Waals surface area contributed by atoms with Gasteiger partial charge in [-0.1, -0.05) is 25.3 Å². The number of thiazole rings is 1. The van der Waals surface area contributed by atoms with E-state index in [0.717, 1.165) is 5.56 Å². The van der Waals surface area contributed by atoms with Gasteiger partial charge in [-0.3, -0.25) is 9.78 Å². The summed E-state index contributed by atoms with van der Waals surface area (Å²) in [7, 11) is 1.86. The third-order valence-corrected chi connectivity index (χ3v) is 4.89. The van der Waals surface area contributed by atoms with E-state index < -0.39 is 6.10 Å². The molecule has 8 heteroatoms. The Balaban J connectivity index is 1.97. The number of aliphatic hydroxyl groups excluding tert-OH is 1. The average molecular weight is 414 g/mol. The van der Waals surface area contributed by atoms with Crippen LogP contribution in [0.3, 0.4) is 0 Å². The Bertz CT molecular complexity index is 861. The fourth-order valence-corrected chi connectivity index (χ4v) is 3.06. The Morgan fingerprint density at radius 1 is 1.48 bits per heavy atom. The van der Waals surface area contributed by atoms with E-state index in [9.17, 15) is 9.90 Å². The van der Waals surface area contributed by atoms with Crippen molar-refractivity contribution >= 4 is 22.4 Å². The molecule has 0 spiro atoms. The molecule has 0 bridgehead atoms. The number of carbonyl (C=O) groups is 1. The molecule has 1 atom stereocenters. The van der Waals surface area contributed by atoms with Crippen LogP contribution in [0.2, 0.25) is 0 Å². The van der Waals surface area contributed by atoms with Gasteiger partial charge < -0.3 is 20.6 Å². The topological polar surface area (TPSA) is 90.4 Å². The van der Waals surface area contributed by atoms with Gasteiger partial charge in [-0.15, -0.1) is 11.3 Å². The van der Waals surface area contributed by atoms with Crippen LogP contribution in [0.4, 0.5) is 5.13 Å². The first kappa shape index (κ1) is 22.3. The lowest BCUT2D eigenvalue weighted by Crippen LogP contribution is -2.30. The fraction of sp³-hybridized carbons (Fsp3) is 0.286. The second kappa shape index (κ2) is 11.1. The van der Waals surface area contributed by atoms with Crippen molar-refractivity contribution < 1.29 is 9.90 Å². The van der Waals surface area contributed by atoms with Crippen molar-refractivity contribution in [3.05, 3.63) is 77.9 Å². The molecule has 0 aliphatic rings. The van der Waals surface area contributed by atoms with Crippen molar-refractivity contribution in [2.24, 2.45) is 0 Å². The lowest BCUT2D eigenvalue weighted by atomic mass is 10.2. The summed E-state index contributed by atoms with van der Waals surface area (Å²) in [6.07, 6.45) is 6.97. The minimum atomic E-state index is -0.403. The van der Waals surface area contributed by atoms with Crippen LogP contribution < -0.4 is 10.6 Å². The molecule has 0 radical (unpaired) electrons. The van der Waals surface area contributed by atoms with Crippen molar-refractivity contribution in [2.75, 3.05) is 18.9 Å². The van der Waals surface area contributed by atoms with Crippen LogP contribution in [0.15, 0.2) is 66.6 Å². The van der Waals surface area contributed by atoms with Gasteiger partial charge in [0.05, 0.1) is 17.5 Å². The van der Waals surface area contributed by atoms with E-state index in [1.807, 2.05) is 24.1 Å². The smallest absolute Gasteiger partial charge is 0.275 e. The summed E-state index contributed by atoms with van der Waals surface area (Å²) in [6, 6.07) is 3.84. The third kappa shape index (κ3) is 7.17. The molecule has 0 saturated heterocycles. The van der Waals surface area contributed by atoms with E-state index in [4.69, 9.17) is 0 Å². The number of hydrogen-bond donors (Lipinski definition) is 3. The van der Waals surface area contributed by atoms with Gasteiger partial charge in [-0.25, -0.2) is 4.98 Å². The first-order valence-corrected chi connectivity index (χ1v) is 10.1. The van der Waals surface area contributed by atoms with Gasteiger partial charge in [-0.2, -0.15) is 0 Å². The number of nitrogens with zero attached hydrogens (tertiary/aromatic N) is 3. The number of carbonyl (C=O) groups excluding carboxylic acids is 1. The molecule has 0 fully saturated rings. The zero-order chi connectivity index (χ0) is 21.2. The number of rotatable bonds is 11. The molecule has 2 aromatic heterocycles. The van der Waals surface area contributed by atoms with Gasteiger partial charge >= 0.3 is 0 Å². The number of allylic oxidation sites excluding steroid dienone is 2. The number of aliphatic hydroxyl groups is 1. The van der Waals surface area contributed by atoms with Crippen LogP contribution >= 0.6 is 11.3 Å². The summed E-state index contributed by atoms with van der Waals surface area (Å²) in [6.45, 7) is 10.7. The Hall–Kier alpha value is -2.97. The highest BCUT2D eigenvalue weighted by molar-refractivity contribution is 7.13. The number of pyridine rings is 1. The van der Waals surface area contributed by atoms with Gasteiger partial charge in [0.15, 0.2) is 5.13 Å². The molecule has 0 saturated carbocycles. The van der Waals surface area contributed by atoms with Crippen molar-refractivity contribution in [1.82, 2.24) is 20.2 Å². The molecule has 2 aromatic rings. The monoisotopic (exact) mass is 413 g/mol. The average Bonchev–Trinajstić information content (AvgIpc) is 3.19. The van der Waals surface area contributed by atoms with Crippen LogP contribution in [0.5, 0.6) is 0 Å². The van der Waals surface area contributed by atoms with Crippen molar-refractivity contribution in [3.8, 4) is 0 Å². The molecule has 1 amide bonds. The van der Waals surface area contributed by atoms with Crippen molar-refractivity contribution in [2.45, 2.75) is 26.0 Å². The van der Waals surface area contributed by atoms with Gasteiger partial charge in [0.25, 0.3) is 5.91 Å². The number of nitrogens with one attached hydrogen (secondary N) is 2. The third-order valence-electron chi connectivity index (χ3n) is 4.09. The Labute approximate surface area is 175 Å². The van der Waals surface area contributed by atoms with Crippen molar-refractivity contribution in [1.29, 1.82) is 0 Å². The molecule has 29 heavy (non-hydrogen) atoms. The summed E-state index contributed by atoms with van der Waals surface area (Å²) in [5.74, 6) is -0.325. The van der Waals surface area contributed by atoms with Gasteiger partial charge in [0.2, 0.25) is 0 Å². The van der Waals surface area contributed by atoms with Gasteiger partial charge in [-0.05, 0) is 31.1 Å². The number of likely N-dealkylation sites (N-methyl/N-ethyl adjacent to an activating group) is 1. The minimum absolute atomic E-state index is 0.318. The first-order valence-electron chi connectivity index (χ1n) is 9.21. The maximum absolute atomic E-state index is 12.6. The quantitative estimate of drug-likeness (QED) is 0.490. The van der Waals surface area contributed by atoms with E-state index in [0.29, 0.717) is 41.7 Å². The largest absolute Gasteiger partial charge is 0.393 e. The predicted octanol–water partition coefficient (Wildman–Crippen LogP) is 3.17. The van der Waals surface area contributed by atoms with E-state index in [-0.39, 0.29) is 5.91 Å². The molecule has 7 nitrogen and oxygen atoms in total. The summed E-state index contributed by atoms with van der Waals surface area (Å²) >= 11 is 1.36. The molecule has 1 unspecified atom stereocenters. The normalized spacial score (nSPS) is 12.2. The number of amides is 1. The molecular weight excluding hydrogens is 386 g/mol. The fourth-order valence-electron chi connectivity index (χ4n) is 2.37. The summed E-state index contributed by atoms with van der Waals surface area (Å²) in [4.78, 5) is 22.9. The molecule has 2 heterocycles. The standard InChI is InChI=1S/C21H27N5O2S/c1-5-7-18(16(3)26(4)11-9-15(2)27)24-20(28)19-14-29-21(25-19)23-13-17-8-6-10-22-12-17/h5-8,10,12,14-15,27H,1,3,9,11,13H2,2,4H3,(H,23,25)(H,24,28)/b18-7+. The zero-order valence-electron chi connectivity index (χ0n) is 16.8. The Kier molecular flexibility index (Phi) is 8.57. The number of hydrogen-bond acceptors (Lipinski definition) is 7. The Morgan fingerprint density at radius 3 is 2.93 bits per heavy atom. The highest BCUT2D eigenvalue weighted by atomic mass is 32.1. The summed E-state index contributed by atoms with van der Waals surface area (Å²) in [5.41, 5.74) is 2.51. The highest BCUT2D eigenvalue weighted by Gasteiger charge is 2.15. The van der Waals surface area contributed by atoms with Gasteiger partial charge in [0.1, 0.15) is 5.69 Å². The summed E-state index contributed by atoms with van der Waals surface area (Å²) in [5, 5.41) is 17.9. The second-order valence-corrected chi connectivity index (χ2v) is 7.39. The van der Waals surface area contributed by atoms with E-state index >= 15 is 0 Å². The minimum Gasteiger partial charge on any atom is -0.393 e. The highest BCUT2D eigenvalue weighted by Crippen LogP contribution is 2.18. The number of anilines is 1. The van der Waals surface area contributed by atoms with Gasteiger partial charge in [0, 0.05) is 37.9 Å². The lowest BCUT2D eigenvalue weighted by Gasteiger charge is -2.24. The van der Waals surface area contributed by atoms with Crippen LogP contribution in [-0.4, -0.2) is 45.6 Å². The predicted molar refractivity (Wildman–Crippen MR) is 117 cm³/mol. The maximum atomic E-state index is 12.6. The maximum Gasteiger partial charge on any atom is 0.275 e. The first-order chi connectivity index (χ1) is 13.9. The van der Waals surface area contributed by atoms with E-state index in [1.165, 1.54) is 11.3 Å². The summed E-state index contributed by atoms with van der Waals surface area (Å²) < 4.78 is 0. The van der Waals surface area contributed by atoms with Crippen LogP contribution in [-0.2, 0) is 6.54 Å². The molecule has 0 aliphatic carbocycles. The SMILES string of the molecule is C=C/C=C(/NC(=O)c1csc(NCc2cccnc2)n1)C(=C)N(C)CCC(C)O. The molecule has 154 valence electrons. The molecule has 0 aliphatic heterocycles. The van der Waals surface area contributed by atoms with Crippen LogP contribution in [0.25, 0.3) is 0 Å². The number of aromatic nitrogens is 2. The van der Waals surface area contributed by atoms with Crippen LogP contribution in [0, 0.1) is 0 Å². The molecule has 3 N–H and O–H groups in total. The molecule has 2 rings (SSSR count). The molecule has 0 aromatic carbocycles. The molecular formula is C21H27N5O2S.